The van der Waals surface area contributed by atoms with Crippen LogP contribution in [0.25, 0.3) is 28.0 Å². The third kappa shape index (κ3) is 2.20. The Kier molecular flexibility index (Phi) is 2.86. The number of pyridine rings is 2. The van der Waals surface area contributed by atoms with Gasteiger partial charge in [-0.3, -0.25) is 4.98 Å². The number of hydrogen-bond donors (Lipinski definition) is 1. The van der Waals surface area contributed by atoms with Crippen molar-refractivity contribution in [3.05, 3.63) is 73.3 Å². The number of aromatic nitrogens is 3. The Morgan fingerprint density at radius 1 is 0.818 bits per heavy atom. The second-order valence-electron chi connectivity index (χ2n) is 5.17. The van der Waals surface area contributed by atoms with Gasteiger partial charge in [0, 0.05) is 36.0 Å². The Morgan fingerprint density at radius 2 is 1.64 bits per heavy atom. The summed E-state index contributed by atoms with van der Waals surface area (Å²) in [5.74, 6) is 0. The predicted molar refractivity (Wildman–Crippen MR) is 88.3 cm³/mol. The number of anilines is 1. The van der Waals surface area contributed by atoms with E-state index in [1.165, 1.54) is 0 Å². The molecule has 4 nitrogen and oxygen atoms in total. The quantitative estimate of drug-likeness (QED) is 0.612. The number of imidazole rings is 1. The molecule has 106 valence electrons. The maximum atomic E-state index is 5.80. The first kappa shape index (κ1) is 12.6. The van der Waals surface area contributed by atoms with Gasteiger partial charge in [0.05, 0.1) is 5.69 Å². The van der Waals surface area contributed by atoms with Gasteiger partial charge in [0.25, 0.3) is 0 Å². The molecule has 0 fully saturated rings. The van der Waals surface area contributed by atoms with Crippen LogP contribution in [0.15, 0.2) is 73.3 Å². The van der Waals surface area contributed by atoms with Gasteiger partial charge in [0.2, 0.25) is 0 Å². The number of benzene rings is 1. The molecule has 0 bridgehead atoms. The van der Waals surface area contributed by atoms with Gasteiger partial charge >= 0.3 is 0 Å². The second-order valence-corrected chi connectivity index (χ2v) is 5.17. The minimum atomic E-state index is 0.725. The van der Waals surface area contributed by atoms with Crippen LogP contribution in [0.2, 0.25) is 0 Å². The molecule has 0 saturated heterocycles. The van der Waals surface area contributed by atoms with Crippen LogP contribution in [0.1, 0.15) is 0 Å². The van der Waals surface area contributed by atoms with Crippen molar-refractivity contribution in [2.75, 3.05) is 5.73 Å². The largest absolute Gasteiger partial charge is 0.398 e. The van der Waals surface area contributed by atoms with Gasteiger partial charge in [0.1, 0.15) is 5.65 Å². The molecule has 0 aliphatic carbocycles. The lowest BCUT2D eigenvalue weighted by atomic mass is 10.0. The summed E-state index contributed by atoms with van der Waals surface area (Å²) in [6, 6.07) is 16.1. The topological polar surface area (TPSA) is 56.2 Å². The number of nitrogens with zero attached hydrogens (tertiary/aromatic N) is 3. The number of rotatable bonds is 2. The van der Waals surface area contributed by atoms with Crippen LogP contribution in [-0.2, 0) is 0 Å². The Bertz CT molecular complexity index is 924. The van der Waals surface area contributed by atoms with Crippen molar-refractivity contribution >= 4 is 11.3 Å². The van der Waals surface area contributed by atoms with Gasteiger partial charge in [-0.05, 0) is 29.3 Å². The van der Waals surface area contributed by atoms with Crippen LogP contribution < -0.4 is 5.73 Å². The summed E-state index contributed by atoms with van der Waals surface area (Å²) in [5, 5.41) is 0. The lowest BCUT2D eigenvalue weighted by Crippen LogP contribution is -1.88. The third-order valence-corrected chi connectivity index (χ3v) is 3.65. The van der Waals surface area contributed by atoms with E-state index in [0.29, 0.717) is 0 Å². The number of nitrogens with two attached hydrogens (primary N) is 1. The zero-order chi connectivity index (χ0) is 14.9. The van der Waals surface area contributed by atoms with Crippen LogP contribution >= 0.6 is 0 Å². The molecule has 0 aliphatic heterocycles. The fraction of sp³-hybridized carbons (Fsp3) is 0. The van der Waals surface area contributed by atoms with Crippen molar-refractivity contribution in [1.29, 1.82) is 0 Å². The molecule has 0 unspecified atom stereocenters. The van der Waals surface area contributed by atoms with E-state index >= 15 is 0 Å². The van der Waals surface area contributed by atoms with Crippen molar-refractivity contribution in [2.45, 2.75) is 0 Å². The fourth-order valence-electron chi connectivity index (χ4n) is 2.52. The Morgan fingerprint density at radius 3 is 2.41 bits per heavy atom. The highest BCUT2D eigenvalue weighted by Gasteiger charge is 2.05. The van der Waals surface area contributed by atoms with E-state index in [1.807, 2.05) is 41.2 Å². The molecular formula is C18H14N4. The molecule has 0 radical (unpaired) electrons. The Hall–Kier alpha value is -3.14. The van der Waals surface area contributed by atoms with E-state index < -0.39 is 0 Å². The first-order chi connectivity index (χ1) is 10.8. The van der Waals surface area contributed by atoms with Crippen LogP contribution in [0.4, 0.5) is 5.69 Å². The predicted octanol–water partition coefficient (Wildman–Crippen LogP) is 3.65. The number of fused-ring (bicyclic) bond motifs is 1. The molecular weight excluding hydrogens is 272 g/mol. The highest BCUT2D eigenvalue weighted by Crippen LogP contribution is 2.24. The maximum Gasteiger partial charge on any atom is 0.137 e. The molecule has 3 aromatic heterocycles. The van der Waals surface area contributed by atoms with Gasteiger partial charge in [-0.1, -0.05) is 30.3 Å². The summed E-state index contributed by atoms with van der Waals surface area (Å²) in [5.41, 5.74) is 11.7. The van der Waals surface area contributed by atoms with Crippen molar-refractivity contribution in [3.8, 4) is 22.4 Å². The summed E-state index contributed by atoms with van der Waals surface area (Å²) < 4.78 is 1.94. The van der Waals surface area contributed by atoms with E-state index in [4.69, 9.17) is 5.73 Å². The molecule has 0 aliphatic rings. The molecule has 4 aromatic rings. The molecule has 0 spiro atoms. The van der Waals surface area contributed by atoms with Gasteiger partial charge < -0.3 is 10.1 Å². The van der Waals surface area contributed by atoms with Crippen LogP contribution in [-0.4, -0.2) is 14.4 Å². The maximum absolute atomic E-state index is 5.80. The van der Waals surface area contributed by atoms with Gasteiger partial charge in [0.15, 0.2) is 0 Å². The lowest BCUT2D eigenvalue weighted by molar-refractivity contribution is 1.19. The molecule has 4 heteroatoms. The highest BCUT2D eigenvalue weighted by molar-refractivity contribution is 5.69. The molecule has 22 heavy (non-hydrogen) atoms. The Balaban J connectivity index is 1.73. The van der Waals surface area contributed by atoms with Crippen molar-refractivity contribution in [2.24, 2.45) is 0 Å². The van der Waals surface area contributed by atoms with Crippen LogP contribution in [0.5, 0.6) is 0 Å². The molecule has 2 N–H and O–H groups in total. The minimum Gasteiger partial charge on any atom is -0.398 e. The van der Waals surface area contributed by atoms with Crippen molar-refractivity contribution in [3.63, 3.8) is 0 Å². The average Bonchev–Trinajstić information content (AvgIpc) is 2.99. The molecule has 0 saturated carbocycles. The van der Waals surface area contributed by atoms with Crippen LogP contribution in [0.3, 0.4) is 0 Å². The summed E-state index contributed by atoms with van der Waals surface area (Å²) in [4.78, 5) is 8.77. The van der Waals surface area contributed by atoms with Gasteiger partial charge in [-0.25, -0.2) is 4.98 Å². The molecule has 3 heterocycles. The monoisotopic (exact) mass is 286 g/mol. The minimum absolute atomic E-state index is 0.725. The molecule has 4 rings (SSSR count). The summed E-state index contributed by atoms with van der Waals surface area (Å²) >= 11 is 0. The van der Waals surface area contributed by atoms with Crippen LogP contribution in [0, 0.1) is 0 Å². The summed E-state index contributed by atoms with van der Waals surface area (Å²) in [7, 11) is 0. The normalized spacial score (nSPS) is 10.9. The van der Waals surface area contributed by atoms with Crippen molar-refractivity contribution < 1.29 is 0 Å². The van der Waals surface area contributed by atoms with E-state index in [1.54, 1.807) is 6.20 Å². The first-order valence-corrected chi connectivity index (χ1v) is 7.05. The first-order valence-electron chi connectivity index (χ1n) is 7.05. The van der Waals surface area contributed by atoms with E-state index in [0.717, 1.165) is 33.7 Å². The smallest absolute Gasteiger partial charge is 0.137 e. The average molecular weight is 286 g/mol. The van der Waals surface area contributed by atoms with Gasteiger partial charge in [-0.2, -0.15) is 0 Å². The molecule has 1 aromatic carbocycles. The fourth-order valence-corrected chi connectivity index (χ4v) is 2.52. The highest BCUT2D eigenvalue weighted by atomic mass is 15.0. The second kappa shape index (κ2) is 5.00. The van der Waals surface area contributed by atoms with Gasteiger partial charge in [-0.15, -0.1) is 0 Å². The number of nitrogen functional groups attached to an aromatic ring is 1. The standard InChI is InChI=1S/C18H14N4/c19-16-7-8-18-21-17(12-22(18)11-16)14-5-3-13(4-6-14)15-2-1-9-20-10-15/h1-12H,19H2. The molecule has 0 amide bonds. The van der Waals surface area contributed by atoms with E-state index in [9.17, 15) is 0 Å². The van der Waals surface area contributed by atoms with Crippen molar-refractivity contribution in [1.82, 2.24) is 14.4 Å². The van der Waals surface area contributed by atoms with E-state index in [-0.39, 0.29) is 0 Å². The SMILES string of the molecule is Nc1ccc2nc(-c3ccc(-c4cccnc4)cc3)cn2c1. The number of hydrogen-bond acceptors (Lipinski definition) is 3. The zero-order valence-electron chi connectivity index (χ0n) is 11.8. The third-order valence-electron chi connectivity index (χ3n) is 3.65. The Labute approximate surface area is 127 Å². The summed E-state index contributed by atoms with van der Waals surface area (Å²) in [6.45, 7) is 0. The lowest BCUT2D eigenvalue weighted by Gasteiger charge is -2.02. The summed E-state index contributed by atoms with van der Waals surface area (Å²) in [6.07, 6.45) is 7.50. The zero-order valence-corrected chi connectivity index (χ0v) is 11.8. The molecule has 0 atom stereocenters. The van der Waals surface area contributed by atoms with E-state index in [2.05, 4.69) is 40.3 Å².